The minimum absolute atomic E-state index is 0. The standard InChI is InChI=1S/C13H20N2O4.ClH/c1-13(2,3)12(16)11(14)8-5-6-10(19-4)9(7-8)15(17)18;/h5-7,11-12,16H,14H2,1-4H3;1H/t11-,12-;/m1./s1. The third-order valence-corrected chi connectivity index (χ3v) is 3.01. The number of hydrogen-bond donors (Lipinski definition) is 2. The molecule has 7 heteroatoms. The predicted molar refractivity (Wildman–Crippen MR) is 79.3 cm³/mol. The lowest BCUT2D eigenvalue weighted by atomic mass is 9.82. The maximum absolute atomic E-state index is 10.9. The molecule has 2 atom stereocenters. The zero-order valence-corrected chi connectivity index (χ0v) is 12.8. The number of rotatable bonds is 4. The zero-order chi connectivity index (χ0) is 14.8. The summed E-state index contributed by atoms with van der Waals surface area (Å²) in [5.41, 5.74) is 5.92. The van der Waals surface area contributed by atoms with Gasteiger partial charge >= 0.3 is 5.69 Å². The lowest BCUT2D eigenvalue weighted by Crippen LogP contribution is -2.36. The second-order valence-corrected chi connectivity index (χ2v) is 5.53. The molecule has 0 saturated carbocycles. The molecule has 0 unspecified atom stereocenters. The summed E-state index contributed by atoms with van der Waals surface area (Å²) >= 11 is 0. The number of halogens is 1. The Morgan fingerprint density at radius 3 is 2.35 bits per heavy atom. The molecule has 0 radical (unpaired) electrons. The van der Waals surface area contributed by atoms with E-state index in [-0.39, 0.29) is 23.8 Å². The molecule has 0 aliphatic carbocycles. The molecule has 0 fully saturated rings. The van der Waals surface area contributed by atoms with Gasteiger partial charge in [0, 0.05) is 6.07 Å². The second-order valence-electron chi connectivity index (χ2n) is 5.53. The van der Waals surface area contributed by atoms with Gasteiger partial charge in [-0.05, 0) is 17.0 Å². The summed E-state index contributed by atoms with van der Waals surface area (Å²) in [6.07, 6.45) is -0.805. The molecule has 0 heterocycles. The fourth-order valence-electron chi connectivity index (χ4n) is 1.78. The number of aliphatic hydroxyl groups excluding tert-OH is 1. The van der Waals surface area contributed by atoms with Crippen molar-refractivity contribution in [2.24, 2.45) is 11.1 Å². The van der Waals surface area contributed by atoms with Crippen LogP contribution in [-0.4, -0.2) is 23.2 Å². The fraction of sp³-hybridized carbons (Fsp3) is 0.538. The van der Waals surface area contributed by atoms with Crippen LogP contribution < -0.4 is 10.5 Å². The molecular weight excluding hydrogens is 284 g/mol. The Labute approximate surface area is 124 Å². The summed E-state index contributed by atoms with van der Waals surface area (Å²) < 4.78 is 4.92. The van der Waals surface area contributed by atoms with Gasteiger partial charge in [-0.2, -0.15) is 0 Å². The van der Waals surface area contributed by atoms with Crippen LogP contribution in [0, 0.1) is 15.5 Å². The maximum Gasteiger partial charge on any atom is 0.311 e. The number of aliphatic hydroxyl groups is 1. The highest BCUT2D eigenvalue weighted by molar-refractivity contribution is 5.85. The van der Waals surface area contributed by atoms with Crippen LogP contribution in [0.3, 0.4) is 0 Å². The van der Waals surface area contributed by atoms with E-state index in [1.165, 1.54) is 19.2 Å². The molecule has 0 amide bonds. The van der Waals surface area contributed by atoms with Gasteiger partial charge in [-0.3, -0.25) is 10.1 Å². The van der Waals surface area contributed by atoms with Gasteiger partial charge in [-0.15, -0.1) is 12.4 Å². The van der Waals surface area contributed by atoms with Crippen LogP contribution in [-0.2, 0) is 0 Å². The van der Waals surface area contributed by atoms with E-state index in [0.717, 1.165) is 0 Å². The highest BCUT2D eigenvalue weighted by atomic mass is 35.5. The van der Waals surface area contributed by atoms with Gasteiger partial charge in [-0.25, -0.2) is 0 Å². The summed E-state index contributed by atoms with van der Waals surface area (Å²) in [5, 5.41) is 21.1. The Morgan fingerprint density at radius 2 is 1.95 bits per heavy atom. The van der Waals surface area contributed by atoms with Crippen molar-refractivity contribution in [3.05, 3.63) is 33.9 Å². The van der Waals surface area contributed by atoms with Crippen molar-refractivity contribution in [3.8, 4) is 5.75 Å². The second kappa shape index (κ2) is 6.88. The topological polar surface area (TPSA) is 98.6 Å². The molecular formula is C13H21ClN2O4. The van der Waals surface area contributed by atoms with E-state index in [1.54, 1.807) is 6.07 Å². The fourth-order valence-corrected chi connectivity index (χ4v) is 1.78. The van der Waals surface area contributed by atoms with E-state index < -0.39 is 22.5 Å². The van der Waals surface area contributed by atoms with Crippen LogP contribution in [0.4, 0.5) is 5.69 Å². The van der Waals surface area contributed by atoms with E-state index in [1.807, 2.05) is 20.8 Å². The van der Waals surface area contributed by atoms with Gasteiger partial charge in [0.1, 0.15) is 0 Å². The molecule has 0 saturated heterocycles. The number of nitrogens with zero attached hydrogens (tertiary/aromatic N) is 1. The largest absolute Gasteiger partial charge is 0.490 e. The van der Waals surface area contributed by atoms with Crippen LogP contribution >= 0.6 is 12.4 Å². The number of ether oxygens (including phenoxy) is 1. The van der Waals surface area contributed by atoms with Crippen LogP contribution in [0.25, 0.3) is 0 Å². The van der Waals surface area contributed by atoms with Gasteiger partial charge in [0.15, 0.2) is 5.75 Å². The Bertz CT molecular complexity index is 474. The third kappa shape index (κ3) is 4.06. The maximum atomic E-state index is 10.9. The number of hydrogen-bond acceptors (Lipinski definition) is 5. The van der Waals surface area contributed by atoms with E-state index in [0.29, 0.717) is 5.56 Å². The molecule has 6 nitrogen and oxygen atoms in total. The highest BCUT2D eigenvalue weighted by Gasteiger charge is 2.30. The van der Waals surface area contributed by atoms with E-state index in [2.05, 4.69) is 0 Å². The monoisotopic (exact) mass is 304 g/mol. The summed E-state index contributed by atoms with van der Waals surface area (Å²) in [7, 11) is 1.37. The number of nitro groups is 1. The molecule has 1 aromatic carbocycles. The number of nitrogens with two attached hydrogens (primary N) is 1. The first-order valence-corrected chi connectivity index (χ1v) is 5.94. The van der Waals surface area contributed by atoms with Gasteiger partial charge in [0.25, 0.3) is 0 Å². The normalized spacial score (nSPS) is 14.1. The first kappa shape index (κ1) is 18.6. The summed E-state index contributed by atoms with van der Waals surface area (Å²) in [6, 6.07) is 3.77. The van der Waals surface area contributed by atoms with Crippen molar-refractivity contribution < 1.29 is 14.8 Å². The molecule has 114 valence electrons. The first-order valence-electron chi connectivity index (χ1n) is 5.94. The molecule has 0 aromatic heterocycles. The minimum Gasteiger partial charge on any atom is -0.490 e. The third-order valence-electron chi connectivity index (χ3n) is 3.01. The Hall–Kier alpha value is -1.37. The Kier molecular flexibility index (Phi) is 6.40. The smallest absolute Gasteiger partial charge is 0.311 e. The average Bonchev–Trinajstić information content (AvgIpc) is 2.34. The molecule has 0 aliphatic heterocycles. The molecule has 3 N–H and O–H groups in total. The Morgan fingerprint density at radius 1 is 1.40 bits per heavy atom. The van der Waals surface area contributed by atoms with Crippen molar-refractivity contribution >= 4 is 18.1 Å². The molecule has 0 aliphatic rings. The van der Waals surface area contributed by atoms with Gasteiger partial charge in [0.2, 0.25) is 0 Å². The summed E-state index contributed by atoms with van der Waals surface area (Å²) in [4.78, 5) is 10.4. The lowest BCUT2D eigenvalue weighted by Gasteiger charge is -2.31. The van der Waals surface area contributed by atoms with Crippen molar-refractivity contribution in [1.29, 1.82) is 0 Å². The van der Waals surface area contributed by atoms with Crippen LogP contribution in [0.1, 0.15) is 32.4 Å². The number of nitro benzene ring substituents is 1. The van der Waals surface area contributed by atoms with Crippen molar-refractivity contribution in [2.45, 2.75) is 32.9 Å². The van der Waals surface area contributed by atoms with Gasteiger partial charge < -0.3 is 15.6 Å². The van der Waals surface area contributed by atoms with Gasteiger partial charge in [-0.1, -0.05) is 26.8 Å². The number of methoxy groups -OCH3 is 1. The lowest BCUT2D eigenvalue weighted by molar-refractivity contribution is -0.385. The molecule has 1 rings (SSSR count). The van der Waals surface area contributed by atoms with Crippen molar-refractivity contribution in [2.75, 3.05) is 7.11 Å². The quantitative estimate of drug-likeness (QED) is 0.657. The number of benzene rings is 1. The van der Waals surface area contributed by atoms with Crippen LogP contribution in [0.5, 0.6) is 5.75 Å². The van der Waals surface area contributed by atoms with E-state index in [4.69, 9.17) is 10.5 Å². The minimum atomic E-state index is -0.805. The molecule has 20 heavy (non-hydrogen) atoms. The molecule has 0 spiro atoms. The molecule has 0 bridgehead atoms. The Balaban J connectivity index is 0.00000361. The predicted octanol–water partition coefficient (Wildman–Crippen LogP) is 2.43. The van der Waals surface area contributed by atoms with Crippen molar-refractivity contribution in [1.82, 2.24) is 0 Å². The first-order chi connectivity index (χ1) is 8.68. The average molecular weight is 305 g/mol. The summed E-state index contributed by atoms with van der Waals surface area (Å²) in [5.74, 6) is 0.172. The van der Waals surface area contributed by atoms with E-state index >= 15 is 0 Å². The van der Waals surface area contributed by atoms with Gasteiger partial charge in [0.05, 0.1) is 24.2 Å². The van der Waals surface area contributed by atoms with Crippen LogP contribution in [0.15, 0.2) is 18.2 Å². The van der Waals surface area contributed by atoms with Crippen molar-refractivity contribution in [3.63, 3.8) is 0 Å². The zero-order valence-electron chi connectivity index (χ0n) is 12.0. The SMILES string of the molecule is COc1ccc([C@@H](N)[C@@H](O)C(C)(C)C)cc1[N+](=O)[O-].Cl. The summed E-state index contributed by atoms with van der Waals surface area (Å²) in [6.45, 7) is 5.57. The van der Waals surface area contributed by atoms with Crippen LogP contribution in [0.2, 0.25) is 0 Å². The molecule has 1 aromatic rings. The highest BCUT2D eigenvalue weighted by Crippen LogP contribution is 2.33. The van der Waals surface area contributed by atoms with E-state index in [9.17, 15) is 15.2 Å².